The second-order valence-corrected chi connectivity index (χ2v) is 17.9. The van der Waals surface area contributed by atoms with Gasteiger partial charge in [-0.25, -0.2) is 0 Å². The van der Waals surface area contributed by atoms with Gasteiger partial charge in [-0.15, -0.1) is 0 Å². The van der Waals surface area contributed by atoms with E-state index in [4.69, 9.17) is 24.9 Å². The maximum Gasteiger partial charge on any atom is 0.201 e. The summed E-state index contributed by atoms with van der Waals surface area (Å²) in [4.78, 5) is 17.8. The molecule has 2 aliphatic carbocycles. The molecular formula is C41H56N4O8S2. The minimum Gasteiger partial charge on any atom is -0.504 e. The fourth-order valence-corrected chi connectivity index (χ4v) is 10.7. The van der Waals surface area contributed by atoms with Gasteiger partial charge < -0.3 is 45.7 Å². The molecule has 2 aliphatic heterocycles. The highest BCUT2D eigenvalue weighted by Crippen LogP contribution is 2.46. The topological polar surface area (TPSA) is 188 Å². The summed E-state index contributed by atoms with van der Waals surface area (Å²) < 4.78 is 18.5. The Kier molecular flexibility index (Phi) is 14.8. The largest absolute Gasteiger partial charge is 0.504 e. The number of ketones is 1. The van der Waals surface area contributed by atoms with Crippen LogP contribution in [-0.2, 0) is 30.5 Å². The molecule has 0 amide bonds. The molecule has 0 radical (unpaired) electrons. The predicted molar refractivity (Wildman–Crippen MR) is 216 cm³/mol. The van der Waals surface area contributed by atoms with Crippen LogP contribution in [0.2, 0.25) is 0 Å². The van der Waals surface area contributed by atoms with Gasteiger partial charge in [0.25, 0.3) is 0 Å². The lowest BCUT2D eigenvalue weighted by Gasteiger charge is -2.37. The number of phenols is 1. The van der Waals surface area contributed by atoms with Gasteiger partial charge in [0.15, 0.2) is 35.8 Å². The van der Waals surface area contributed by atoms with Gasteiger partial charge in [0.05, 0.1) is 11.7 Å². The molecule has 0 spiro atoms. The number of aromatic hydroxyl groups is 1. The number of Topliss-reactive ketones (excluding diaryl/α,β-unsaturated/α-hetero) is 1. The van der Waals surface area contributed by atoms with Gasteiger partial charge in [0.1, 0.15) is 12.5 Å². The Morgan fingerprint density at radius 2 is 1.84 bits per heavy atom. The van der Waals surface area contributed by atoms with E-state index >= 15 is 0 Å². The van der Waals surface area contributed by atoms with Crippen LogP contribution in [0.5, 0.6) is 23.0 Å². The highest BCUT2D eigenvalue weighted by molar-refractivity contribution is 8.76. The zero-order chi connectivity index (χ0) is 38.9. The van der Waals surface area contributed by atoms with Gasteiger partial charge in [0, 0.05) is 66.4 Å². The Morgan fingerprint density at radius 1 is 1.04 bits per heavy atom. The number of aliphatic hydroxyl groups excluding tert-OH is 3. The highest BCUT2D eigenvalue weighted by Gasteiger charge is 2.38. The zero-order valence-corrected chi connectivity index (χ0v) is 33.5. The molecule has 12 nitrogen and oxygen atoms in total. The van der Waals surface area contributed by atoms with Gasteiger partial charge in [-0.1, -0.05) is 72.3 Å². The first-order chi connectivity index (χ1) is 26.6. The summed E-state index contributed by atoms with van der Waals surface area (Å²) in [5, 5.41) is 50.0. The summed E-state index contributed by atoms with van der Waals surface area (Å²) in [6.45, 7) is 4.34. The highest BCUT2D eigenvalue weighted by atomic mass is 33.1. The quantitative estimate of drug-likeness (QED) is 0.115. The lowest BCUT2D eigenvalue weighted by Crippen LogP contribution is -2.45. The molecule has 55 heavy (non-hydrogen) atoms. The maximum absolute atomic E-state index is 13.1. The molecule has 6 rings (SSSR count). The first kappa shape index (κ1) is 41.3. The van der Waals surface area contributed by atoms with Crippen LogP contribution in [0, 0.1) is 29.6 Å². The Balaban J connectivity index is 1.39. The number of ether oxygens (including phenoxy) is 3. The van der Waals surface area contributed by atoms with E-state index in [0.717, 1.165) is 41.0 Å². The number of nitrogens with one attached hydrogen (secondary N) is 2. The van der Waals surface area contributed by atoms with Crippen molar-refractivity contribution in [1.29, 1.82) is 0 Å². The van der Waals surface area contributed by atoms with E-state index in [9.17, 15) is 25.2 Å². The van der Waals surface area contributed by atoms with Gasteiger partial charge in [-0.3, -0.25) is 15.1 Å². The van der Waals surface area contributed by atoms with Crippen molar-refractivity contribution in [2.75, 3.05) is 31.6 Å². The maximum atomic E-state index is 13.1. The monoisotopic (exact) mass is 796 g/mol. The third-order valence-electron chi connectivity index (χ3n) is 11.2. The molecule has 0 aromatic heterocycles. The van der Waals surface area contributed by atoms with Crippen LogP contribution < -0.4 is 30.6 Å². The van der Waals surface area contributed by atoms with Crippen LogP contribution in [0.3, 0.4) is 0 Å². The van der Waals surface area contributed by atoms with E-state index in [1.165, 1.54) is 18.9 Å². The third-order valence-corrected chi connectivity index (χ3v) is 13.7. The fourth-order valence-electron chi connectivity index (χ4n) is 7.84. The normalized spacial score (nSPS) is 25.5. The molecule has 5 atom stereocenters. The number of nitrogens with zero attached hydrogens (tertiary/aromatic N) is 1. The number of benzene rings is 2. The second-order valence-electron chi connectivity index (χ2n) is 15.4. The third kappa shape index (κ3) is 10.8. The molecule has 2 bridgehead atoms. The van der Waals surface area contributed by atoms with E-state index in [-0.39, 0.29) is 61.2 Å². The first-order valence-corrected chi connectivity index (χ1v) is 22.1. The second kappa shape index (κ2) is 19.7. The van der Waals surface area contributed by atoms with E-state index in [2.05, 4.69) is 42.4 Å². The Labute approximate surface area is 332 Å². The summed E-state index contributed by atoms with van der Waals surface area (Å²) in [5.41, 5.74) is 10.0. The predicted octanol–water partition coefficient (Wildman–Crippen LogP) is 4.19. The molecule has 1 saturated carbocycles. The molecule has 300 valence electrons. The van der Waals surface area contributed by atoms with E-state index in [1.807, 2.05) is 0 Å². The Bertz CT molecular complexity index is 1740. The number of aliphatic hydroxyl groups is 3. The van der Waals surface area contributed by atoms with Crippen LogP contribution >= 0.6 is 21.6 Å². The fraction of sp³-hybridized carbons (Fsp3) is 0.610. The molecule has 0 saturated heterocycles. The lowest BCUT2D eigenvalue weighted by molar-refractivity contribution is -0.121. The smallest absolute Gasteiger partial charge is 0.201 e. The molecule has 4 aliphatic rings. The summed E-state index contributed by atoms with van der Waals surface area (Å²) in [7, 11) is 3.57. The number of hydrogen-bond donors (Lipinski definition) is 7. The molecule has 1 fully saturated rings. The number of aliphatic imine (C=N–C) groups is 1. The van der Waals surface area contributed by atoms with Crippen LogP contribution in [-0.4, -0.2) is 88.2 Å². The Hall–Kier alpha value is -3.32. The van der Waals surface area contributed by atoms with Crippen molar-refractivity contribution in [3.63, 3.8) is 0 Å². The first-order valence-electron chi connectivity index (χ1n) is 19.6. The van der Waals surface area contributed by atoms with E-state index in [0.29, 0.717) is 72.8 Å². The van der Waals surface area contributed by atoms with E-state index < -0.39 is 19.2 Å². The van der Waals surface area contributed by atoms with Crippen LogP contribution in [0.25, 0.3) is 0 Å². The number of guanidine groups is 1. The minimum absolute atomic E-state index is 0.00209. The summed E-state index contributed by atoms with van der Waals surface area (Å²) in [5.74, 6) is 9.24. The molecular weight excluding hydrogens is 741 g/mol. The average molecular weight is 797 g/mol. The number of nitrogens with two attached hydrogens (primary N) is 1. The van der Waals surface area contributed by atoms with Crippen molar-refractivity contribution in [1.82, 2.24) is 10.6 Å². The Morgan fingerprint density at radius 3 is 2.62 bits per heavy atom. The van der Waals surface area contributed by atoms with Crippen molar-refractivity contribution in [2.45, 2.75) is 109 Å². The SMILES string of the molecule is CC(C)[C@@H]1CSSC[C@H]([C@H]2Cc3c4cc(c(OCNC5CCCC5)c3O[C@H]2O)CC#Cc2c(ccc(O)c2OCO)CCC(=O)C[C@H](O)CC4)CN=C(N)N1. The average Bonchev–Trinajstić information content (AvgIpc) is 3.68. The number of hydrogen-bond acceptors (Lipinski definition) is 14. The van der Waals surface area contributed by atoms with Gasteiger partial charge >= 0.3 is 0 Å². The molecule has 14 heteroatoms. The number of carbonyl (C=O) groups excluding carboxylic acids is 1. The molecule has 2 heterocycles. The molecule has 8 N–H and O–H groups in total. The van der Waals surface area contributed by atoms with Crippen molar-refractivity contribution < 1.29 is 39.4 Å². The van der Waals surface area contributed by atoms with Crippen LogP contribution in [0.1, 0.15) is 86.6 Å². The number of rotatable bonds is 8. The molecule has 0 unspecified atom stereocenters. The number of fused-ring (bicyclic) bond motifs is 5. The van der Waals surface area contributed by atoms with Gasteiger partial charge in [-0.2, -0.15) is 0 Å². The van der Waals surface area contributed by atoms with Crippen molar-refractivity contribution in [3.8, 4) is 34.8 Å². The summed E-state index contributed by atoms with van der Waals surface area (Å²) in [6, 6.07) is 5.79. The summed E-state index contributed by atoms with van der Waals surface area (Å²) >= 11 is 0. The number of phenolic OH excluding ortho intramolecular Hbond substituents is 1. The standard InChI is InChI=1S/C41H56N4O8S2/c1-24(2)35-21-55-54-20-28(19-43-41(42)45-35)34-18-33-26-11-14-31(48)17-30(47)13-10-25-12-15-36(49)38(52-23-46)32(25)9-5-6-27(16-26)37(39(33)53-40(34)50)51-22-44-29-7-3-4-8-29/h12,15-16,24,28-29,31,34-35,40,44,46,48-50H,3-4,6-8,10-11,13-14,17-23H2,1-2H3,(H3,42,43,45)/t28-,31-,34-,35+,40-/m1/s1. The minimum atomic E-state index is -1.14. The molecule has 2 aromatic rings. The van der Waals surface area contributed by atoms with Crippen molar-refractivity contribution in [2.24, 2.45) is 28.5 Å². The van der Waals surface area contributed by atoms with Crippen LogP contribution in [0.15, 0.2) is 23.2 Å². The lowest BCUT2D eigenvalue weighted by atomic mass is 9.81. The van der Waals surface area contributed by atoms with Gasteiger partial charge in [0.2, 0.25) is 6.29 Å². The van der Waals surface area contributed by atoms with Crippen LogP contribution in [0.4, 0.5) is 0 Å². The number of aryl methyl sites for hydroxylation is 2. The summed E-state index contributed by atoms with van der Waals surface area (Å²) in [6.07, 6.45) is 4.61. The van der Waals surface area contributed by atoms with Gasteiger partial charge in [-0.05, 0) is 67.6 Å². The molecule has 2 aromatic carbocycles. The van der Waals surface area contributed by atoms with Crippen molar-refractivity contribution >= 4 is 33.3 Å². The zero-order valence-electron chi connectivity index (χ0n) is 31.9. The van der Waals surface area contributed by atoms with E-state index in [1.54, 1.807) is 27.7 Å². The van der Waals surface area contributed by atoms with Crippen molar-refractivity contribution in [3.05, 3.63) is 46.0 Å². The number of carbonyl (C=O) groups is 1.